The molecule has 1 atom stereocenters. The summed E-state index contributed by atoms with van der Waals surface area (Å²) in [5.41, 5.74) is 2.32. The first kappa shape index (κ1) is 26.3. The van der Waals surface area contributed by atoms with E-state index in [9.17, 15) is 14.0 Å². The first-order valence-electron chi connectivity index (χ1n) is 13.1. The fourth-order valence-electron chi connectivity index (χ4n) is 5.15. The van der Waals surface area contributed by atoms with Crippen LogP contribution in [0.1, 0.15) is 31.0 Å². The van der Waals surface area contributed by atoms with Gasteiger partial charge in [0.25, 0.3) is 5.91 Å². The molecule has 9 nitrogen and oxygen atoms in total. The third-order valence-electron chi connectivity index (χ3n) is 7.52. The summed E-state index contributed by atoms with van der Waals surface area (Å²) in [7, 11) is 1.83. The number of carbonyl (C=O) groups excluding carboxylic acids is 1. The zero-order chi connectivity index (χ0) is 28.3. The summed E-state index contributed by atoms with van der Waals surface area (Å²) in [4.78, 5) is 43.7. The Kier molecular flexibility index (Phi) is 6.54. The summed E-state index contributed by atoms with van der Waals surface area (Å²) in [6.07, 6.45) is 1.37. The molecule has 1 aromatic carbocycles. The molecule has 2 saturated heterocycles. The van der Waals surface area contributed by atoms with E-state index in [4.69, 9.17) is 21.3 Å². The van der Waals surface area contributed by atoms with E-state index < -0.39 is 11.5 Å². The number of likely N-dealkylation sites (N-methyl/N-ethyl adjacent to an activating group) is 1. The molecule has 4 aromatic rings. The lowest BCUT2D eigenvalue weighted by atomic mass is 10.0. The summed E-state index contributed by atoms with van der Waals surface area (Å²) < 4.78 is 21.5. The molecule has 11 heteroatoms. The number of halogens is 2. The lowest BCUT2D eigenvalue weighted by Gasteiger charge is -2.44. The Labute approximate surface area is 235 Å². The highest BCUT2D eigenvalue weighted by molar-refractivity contribution is 6.33. The molecule has 1 amide bonds. The third kappa shape index (κ3) is 4.41. The Morgan fingerprint density at radius 1 is 1.20 bits per heavy atom. The number of anilines is 1. The van der Waals surface area contributed by atoms with Crippen LogP contribution in [0.25, 0.3) is 28.0 Å². The van der Waals surface area contributed by atoms with Crippen molar-refractivity contribution in [3.63, 3.8) is 0 Å². The molecule has 2 aliphatic heterocycles. The summed E-state index contributed by atoms with van der Waals surface area (Å²) in [5, 5.41) is 0.753. The van der Waals surface area contributed by atoms with Gasteiger partial charge in [-0.2, -0.15) is 4.98 Å². The average Bonchev–Trinajstić information content (AvgIpc) is 3.74. The molecule has 6 rings (SSSR count). The van der Waals surface area contributed by atoms with Gasteiger partial charge in [-0.3, -0.25) is 9.78 Å². The number of ether oxygens (including phenoxy) is 1. The molecule has 206 valence electrons. The number of nitrogens with zero attached hydrogens (tertiary/aromatic N) is 6. The zero-order valence-electron chi connectivity index (χ0n) is 22.6. The number of hydrogen-bond donors (Lipinski definition) is 0. The highest BCUT2D eigenvalue weighted by Crippen LogP contribution is 2.36. The van der Waals surface area contributed by atoms with Crippen molar-refractivity contribution < 1.29 is 13.9 Å². The van der Waals surface area contributed by atoms with Gasteiger partial charge in [0.05, 0.1) is 40.1 Å². The van der Waals surface area contributed by atoms with Crippen LogP contribution in [0.4, 0.5) is 10.2 Å². The highest BCUT2D eigenvalue weighted by atomic mass is 35.5. The van der Waals surface area contributed by atoms with E-state index >= 15 is 0 Å². The Balaban J connectivity index is 1.56. The van der Waals surface area contributed by atoms with Crippen molar-refractivity contribution in [1.29, 1.82) is 0 Å². The number of fused-ring (bicyclic) bond motifs is 1. The van der Waals surface area contributed by atoms with Crippen LogP contribution in [-0.2, 0) is 9.53 Å². The topological polar surface area (TPSA) is 96.8 Å². The largest absolute Gasteiger partial charge is 0.363 e. The number of amides is 1. The highest BCUT2D eigenvalue weighted by Gasteiger charge is 2.42. The maximum absolute atomic E-state index is 14.9. The van der Waals surface area contributed by atoms with Gasteiger partial charge in [-0.15, -0.1) is 0 Å². The second kappa shape index (κ2) is 9.94. The summed E-state index contributed by atoms with van der Waals surface area (Å²) in [5.74, 6) is -0.106. The van der Waals surface area contributed by atoms with Gasteiger partial charge in [0.15, 0.2) is 11.8 Å². The average molecular weight is 563 g/mol. The first-order valence-corrected chi connectivity index (χ1v) is 13.5. The molecule has 0 N–H and O–H groups in total. The molecule has 5 heterocycles. The lowest BCUT2D eigenvalue weighted by Crippen LogP contribution is -2.61. The van der Waals surface area contributed by atoms with Gasteiger partial charge in [0.2, 0.25) is 0 Å². The van der Waals surface area contributed by atoms with Crippen molar-refractivity contribution in [1.82, 2.24) is 24.4 Å². The van der Waals surface area contributed by atoms with Crippen molar-refractivity contribution in [2.75, 3.05) is 31.6 Å². The maximum Gasteiger partial charge on any atom is 0.355 e. The van der Waals surface area contributed by atoms with Crippen LogP contribution in [0.3, 0.4) is 0 Å². The number of likely N-dealkylation sites (tertiary alicyclic amines) is 1. The Morgan fingerprint density at radius 3 is 2.60 bits per heavy atom. The van der Waals surface area contributed by atoms with Crippen LogP contribution in [0.15, 0.2) is 47.4 Å². The quantitative estimate of drug-likeness (QED) is 0.326. The summed E-state index contributed by atoms with van der Waals surface area (Å²) >= 11 is 6.73. The van der Waals surface area contributed by atoms with E-state index in [1.165, 1.54) is 10.6 Å². The van der Waals surface area contributed by atoms with E-state index in [-0.39, 0.29) is 40.3 Å². The monoisotopic (exact) mass is 562 g/mol. The smallest absolute Gasteiger partial charge is 0.355 e. The first-order chi connectivity index (χ1) is 19.2. The maximum atomic E-state index is 14.9. The van der Waals surface area contributed by atoms with Gasteiger partial charge in [-0.05, 0) is 42.7 Å². The molecule has 0 aliphatic carbocycles. The van der Waals surface area contributed by atoms with E-state index in [1.807, 2.05) is 38.8 Å². The van der Waals surface area contributed by atoms with Crippen molar-refractivity contribution in [3.05, 3.63) is 75.2 Å². The molecule has 0 saturated carbocycles. The number of rotatable bonds is 6. The fourth-order valence-corrected chi connectivity index (χ4v) is 5.40. The van der Waals surface area contributed by atoms with Crippen LogP contribution in [0.5, 0.6) is 0 Å². The molecule has 2 aliphatic rings. The van der Waals surface area contributed by atoms with Gasteiger partial charge in [0.1, 0.15) is 11.6 Å². The molecule has 3 aromatic heterocycles. The number of aromatic nitrogens is 4. The van der Waals surface area contributed by atoms with Gasteiger partial charge in [-0.25, -0.2) is 18.7 Å². The minimum absolute atomic E-state index is 0.00600. The number of carbonyl (C=O) groups is 1. The Bertz CT molecular complexity index is 1710. The molecular weight excluding hydrogens is 535 g/mol. The van der Waals surface area contributed by atoms with Crippen molar-refractivity contribution in [2.24, 2.45) is 0 Å². The van der Waals surface area contributed by atoms with Gasteiger partial charge >= 0.3 is 5.69 Å². The molecule has 2 fully saturated rings. The normalized spacial score (nSPS) is 16.9. The van der Waals surface area contributed by atoms with Gasteiger partial charge < -0.3 is 14.5 Å². The molecule has 0 spiro atoms. The number of epoxide rings is 1. The molecular formula is C29H28ClFN6O3. The third-order valence-corrected chi connectivity index (χ3v) is 7.81. The van der Waals surface area contributed by atoms with Crippen molar-refractivity contribution >= 4 is 34.4 Å². The molecule has 0 bridgehead atoms. The van der Waals surface area contributed by atoms with Crippen LogP contribution in [-0.4, -0.2) is 69.2 Å². The van der Waals surface area contributed by atoms with Gasteiger partial charge in [0, 0.05) is 31.9 Å². The second-order valence-electron chi connectivity index (χ2n) is 10.6. The molecule has 40 heavy (non-hydrogen) atoms. The number of hydrogen-bond acceptors (Lipinski definition) is 7. The Hall–Kier alpha value is -3.89. The minimum Gasteiger partial charge on any atom is -0.363 e. The standard InChI is InChI=1S/C29H28ClFN6O3/c1-15(2)23-25(16(3)9-10-32-23)37-27-19(11-20(30)24(33-27)18-7-5-6-8-21(18)31)26(34-29(37)39)35(4)17-12-36(13-17)28(38)22-14-40-22/h5-11,15,17,22H,12-14H2,1-4H3/t22-/m1/s1. The number of aryl methyl sites for hydroxylation is 1. The van der Waals surface area contributed by atoms with E-state index in [0.717, 1.165) is 5.56 Å². The number of benzene rings is 1. The van der Waals surface area contributed by atoms with Crippen LogP contribution < -0.4 is 10.6 Å². The second-order valence-corrected chi connectivity index (χ2v) is 11.0. The van der Waals surface area contributed by atoms with E-state index in [1.54, 1.807) is 35.4 Å². The molecule has 0 radical (unpaired) electrons. The Morgan fingerprint density at radius 2 is 1.93 bits per heavy atom. The minimum atomic E-state index is -0.541. The fraction of sp³-hybridized carbons (Fsp3) is 0.345. The van der Waals surface area contributed by atoms with Crippen LogP contribution >= 0.6 is 11.6 Å². The lowest BCUT2D eigenvalue weighted by molar-refractivity contribution is -0.136. The summed E-state index contributed by atoms with van der Waals surface area (Å²) in [6, 6.07) is 9.69. The van der Waals surface area contributed by atoms with Crippen LogP contribution in [0, 0.1) is 12.7 Å². The molecule has 0 unspecified atom stereocenters. The predicted molar refractivity (Wildman–Crippen MR) is 151 cm³/mol. The van der Waals surface area contributed by atoms with E-state index in [0.29, 0.717) is 47.9 Å². The van der Waals surface area contributed by atoms with Crippen molar-refractivity contribution in [3.8, 4) is 16.9 Å². The zero-order valence-corrected chi connectivity index (χ0v) is 23.3. The SMILES string of the molecule is Cc1ccnc(C(C)C)c1-n1c(=O)nc(N(C)C2CN(C(=O)[C@H]3CO3)C2)c2cc(Cl)c(-c3ccccc3F)nc21. The van der Waals surface area contributed by atoms with E-state index in [2.05, 4.69) is 9.97 Å². The van der Waals surface area contributed by atoms with Gasteiger partial charge in [-0.1, -0.05) is 37.6 Å². The summed E-state index contributed by atoms with van der Waals surface area (Å²) in [6.45, 7) is 7.32. The van der Waals surface area contributed by atoms with Crippen LogP contribution in [0.2, 0.25) is 5.02 Å². The predicted octanol–water partition coefficient (Wildman–Crippen LogP) is 4.11. The number of pyridine rings is 2. The van der Waals surface area contributed by atoms with Crippen molar-refractivity contribution in [2.45, 2.75) is 38.8 Å².